The van der Waals surface area contributed by atoms with Gasteiger partial charge in [-0.15, -0.1) is 8.58 Å². The van der Waals surface area contributed by atoms with E-state index < -0.39 is 0 Å². The van der Waals surface area contributed by atoms with Crippen molar-refractivity contribution in [3.8, 4) is 0 Å². The normalized spacial score (nSPS) is 9.08. The van der Waals surface area contributed by atoms with Crippen LogP contribution in [0, 0.1) is 0 Å². The van der Waals surface area contributed by atoms with Crippen molar-refractivity contribution in [3.05, 3.63) is 42.6 Å². The minimum atomic E-state index is 1.06. The van der Waals surface area contributed by atoms with Gasteiger partial charge < -0.3 is 0 Å². The second-order valence-corrected chi connectivity index (χ2v) is 3.70. The van der Waals surface area contributed by atoms with Crippen LogP contribution in [0.3, 0.4) is 0 Å². The monoisotopic (exact) mass is 191 g/mol. The summed E-state index contributed by atoms with van der Waals surface area (Å²) in [6, 6.07) is 12.1. The molecule has 1 heterocycles. The smallest absolute Gasteiger partial charge is 0.0701 e. The van der Waals surface area contributed by atoms with Crippen LogP contribution in [-0.4, -0.2) is 18.3 Å². The minimum Gasteiger partial charge on any atom is -0.256 e. The Bertz CT molecular complexity index is 294. The van der Waals surface area contributed by atoms with Crippen molar-refractivity contribution in [2.24, 2.45) is 0 Å². The van der Waals surface area contributed by atoms with Crippen LogP contribution in [0.4, 0.5) is 0 Å². The summed E-state index contributed by atoms with van der Waals surface area (Å²) in [5, 5.41) is 1.20. The number of fused-ring (bicyclic) bond motifs is 1. The van der Waals surface area contributed by atoms with Gasteiger partial charge in [-0.3, -0.25) is 4.98 Å². The van der Waals surface area contributed by atoms with Crippen molar-refractivity contribution >= 4 is 19.5 Å². The van der Waals surface area contributed by atoms with Crippen molar-refractivity contribution in [1.82, 2.24) is 4.98 Å². The molecule has 0 bridgehead atoms. The molecule has 0 N–H and O–H groups in total. The van der Waals surface area contributed by atoms with Crippen LogP contribution < -0.4 is 0 Å². The second-order valence-electron chi connectivity index (χ2n) is 2.70. The van der Waals surface area contributed by atoms with E-state index in [-0.39, 0.29) is 0 Å². The molecule has 0 atom stereocenters. The Kier molecular flexibility index (Phi) is 4.42. The molecule has 0 aliphatic heterocycles. The summed E-state index contributed by atoms with van der Waals surface area (Å²) in [4.78, 5) is 4.18. The Morgan fingerprint density at radius 1 is 1.00 bits per heavy atom. The van der Waals surface area contributed by atoms with Crippen molar-refractivity contribution in [2.45, 2.75) is 0 Å². The quantitative estimate of drug-likeness (QED) is 0.583. The number of rotatable bonds is 0. The standard InChI is InChI=1S/C9H7N.C2H7P/c1-2-6-9-8(4-1)5-3-7-10-9;1-3-2/h1-7H;3H,1-2H3. The fraction of sp³-hybridized carbons (Fsp3) is 0.182. The fourth-order valence-corrected chi connectivity index (χ4v) is 1.02. The van der Waals surface area contributed by atoms with E-state index in [1.165, 1.54) is 5.39 Å². The lowest BCUT2D eigenvalue weighted by Crippen LogP contribution is -1.73. The SMILES string of the molecule is CPC.c1ccc2ncccc2c1. The average molecular weight is 191 g/mol. The van der Waals surface area contributed by atoms with Crippen LogP contribution >= 0.6 is 8.58 Å². The van der Waals surface area contributed by atoms with Gasteiger partial charge in [-0.05, 0) is 25.5 Å². The first kappa shape index (κ1) is 10.1. The lowest BCUT2D eigenvalue weighted by molar-refractivity contribution is 1.41. The summed E-state index contributed by atoms with van der Waals surface area (Å²) in [7, 11) is 1.08. The van der Waals surface area contributed by atoms with E-state index in [4.69, 9.17) is 0 Å². The first-order chi connectivity index (χ1) is 6.38. The number of hydrogen-bond acceptors (Lipinski definition) is 1. The maximum Gasteiger partial charge on any atom is 0.0701 e. The lowest BCUT2D eigenvalue weighted by atomic mass is 10.2. The Hall–Kier alpha value is -0.940. The third kappa shape index (κ3) is 3.12. The van der Waals surface area contributed by atoms with E-state index in [0.29, 0.717) is 0 Å². The molecule has 0 spiro atoms. The van der Waals surface area contributed by atoms with E-state index >= 15 is 0 Å². The van der Waals surface area contributed by atoms with Gasteiger partial charge in [0.15, 0.2) is 0 Å². The van der Waals surface area contributed by atoms with Gasteiger partial charge in [-0.25, -0.2) is 0 Å². The van der Waals surface area contributed by atoms with Gasteiger partial charge in [0.25, 0.3) is 0 Å². The highest BCUT2D eigenvalue weighted by molar-refractivity contribution is 7.35. The Labute approximate surface area is 81.0 Å². The fourth-order valence-electron chi connectivity index (χ4n) is 1.02. The van der Waals surface area contributed by atoms with Gasteiger partial charge in [0, 0.05) is 11.6 Å². The van der Waals surface area contributed by atoms with Crippen LogP contribution in [0.2, 0.25) is 0 Å². The van der Waals surface area contributed by atoms with Crippen LogP contribution in [0.5, 0.6) is 0 Å². The molecule has 0 amide bonds. The van der Waals surface area contributed by atoms with Gasteiger partial charge in [0.1, 0.15) is 0 Å². The third-order valence-electron chi connectivity index (χ3n) is 1.51. The van der Waals surface area contributed by atoms with Gasteiger partial charge in [-0.2, -0.15) is 0 Å². The van der Waals surface area contributed by atoms with Gasteiger partial charge >= 0.3 is 0 Å². The summed E-state index contributed by atoms with van der Waals surface area (Å²) in [5.41, 5.74) is 1.06. The summed E-state index contributed by atoms with van der Waals surface area (Å²) in [6.45, 7) is 4.31. The predicted molar refractivity (Wildman–Crippen MR) is 61.9 cm³/mol. The van der Waals surface area contributed by atoms with E-state index in [1.807, 2.05) is 30.5 Å². The number of pyridine rings is 1. The highest BCUT2D eigenvalue weighted by atomic mass is 31.1. The summed E-state index contributed by atoms with van der Waals surface area (Å²) in [6.07, 6.45) is 1.81. The van der Waals surface area contributed by atoms with Crippen molar-refractivity contribution in [1.29, 1.82) is 0 Å². The molecule has 0 saturated heterocycles. The summed E-state index contributed by atoms with van der Waals surface area (Å²) in [5.74, 6) is 0. The largest absolute Gasteiger partial charge is 0.256 e. The number of para-hydroxylation sites is 1. The third-order valence-corrected chi connectivity index (χ3v) is 1.51. The predicted octanol–water partition coefficient (Wildman–Crippen LogP) is 3.16. The highest BCUT2D eigenvalue weighted by Gasteiger charge is 1.86. The maximum atomic E-state index is 4.18. The van der Waals surface area contributed by atoms with Crippen molar-refractivity contribution in [3.63, 3.8) is 0 Å². The highest BCUT2D eigenvalue weighted by Crippen LogP contribution is 2.07. The molecule has 0 aliphatic carbocycles. The topological polar surface area (TPSA) is 12.9 Å². The summed E-state index contributed by atoms with van der Waals surface area (Å²) >= 11 is 0. The molecule has 0 radical (unpaired) electrons. The molecular weight excluding hydrogens is 177 g/mol. The number of aromatic nitrogens is 1. The van der Waals surface area contributed by atoms with Gasteiger partial charge in [0.05, 0.1) is 5.52 Å². The molecule has 1 nitrogen and oxygen atoms in total. The number of benzene rings is 1. The van der Waals surface area contributed by atoms with Gasteiger partial charge in [-0.1, -0.05) is 24.3 Å². The molecule has 0 aliphatic rings. The zero-order valence-electron chi connectivity index (χ0n) is 7.99. The van der Waals surface area contributed by atoms with E-state index in [0.717, 1.165) is 14.1 Å². The Balaban J connectivity index is 0.000000251. The second kappa shape index (κ2) is 5.66. The van der Waals surface area contributed by atoms with Crippen LogP contribution in [0.15, 0.2) is 42.6 Å². The first-order valence-electron chi connectivity index (χ1n) is 4.26. The molecule has 2 rings (SSSR count). The average Bonchev–Trinajstić information content (AvgIpc) is 2.19. The zero-order valence-corrected chi connectivity index (χ0v) is 8.99. The van der Waals surface area contributed by atoms with Crippen LogP contribution in [0.25, 0.3) is 10.9 Å². The van der Waals surface area contributed by atoms with Crippen molar-refractivity contribution in [2.75, 3.05) is 13.3 Å². The molecule has 0 saturated carbocycles. The number of nitrogens with zero attached hydrogens (tertiary/aromatic N) is 1. The molecular formula is C11H14NP. The van der Waals surface area contributed by atoms with Crippen LogP contribution in [-0.2, 0) is 0 Å². The molecule has 0 fully saturated rings. The van der Waals surface area contributed by atoms with E-state index in [1.54, 1.807) is 0 Å². The van der Waals surface area contributed by atoms with E-state index in [9.17, 15) is 0 Å². The maximum absolute atomic E-state index is 4.18. The van der Waals surface area contributed by atoms with Gasteiger partial charge in [0.2, 0.25) is 0 Å². The minimum absolute atomic E-state index is 1.06. The Morgan fingerprint density at radius 2 is 1.62 bits per heavy atom. The van der Waals surface area contributed by atoms with Crippen LogP contribution in [0.1, 0.15) is 0 Å². The first-order valence-corrected chi connectivity index (χ1v) is 6.26. The summed E-state index contributed by atoms with van der Waals surface area (Å²) < 4.78 is 0. The Morgan fingerprint density at radius 3 is 2.31 bits per heavy atom. The zero-order chi connectivity index (χ0) is 9.52. The number of hydrogen-bond donors (Lipinski definition) is 0. The molecule has 68 valence electrons. The molecule has 0 unspecified atom stereocenters. The molecule has 2 aromatic rings. The lowest BCUT2D eigenvalue weighted by Gasteiger charge is -1.91. The molecule has 1 aromatic carbocycles. The molecule has 1 aromatic heterocycles. The van der Waals surface area contributed by atoms with Crippen molar-refractivity contribution < 1.29 is 0 Å². The van der Waals surface area contributed by atoms with E-state index in [2.05, 4.69) is 30.4 Å². The molecule has 2 heteroatoms. The molecule has 13 heavy (non-hydrogen) atoms.